The summed E-state index contributed by atoms with van der Waals surface area (Å²) in [5.74, 6) is -0.0306. The lowest BCUT2D eigenvalue weighted by Crippen LogP contribution is -2.63. The molecular weight excluding hydrogens is 904 g/mol. The fourth-order valence-corrected chi connectivity index (χ4v) is 13.3. The Balaban J connectivity index is 0.876. The largest absolute Gasteiger partial charge is 0.394 e. The minimum Gasteiger partial charge on any atom is -0.394 e. The average molecular weight is 981 g/mol. The van der Waals surface area contributed by atoms with Crippen LogP contribution in [0.15, 0.2) is 11.6 Å². The first kappa shape index (κ1) is 53.2. The summed E-state index contributed by atoms with van der Waals surface area (Å²) in [5.41, 5.74) is -0.543. The smallest absolute Gasteiger partial charge is 0.186 e. The predicted molar refractivity (Wildman–Crippen MR) is 228 cm³/mol. The monoisotopic (exact) mass is 980 g/mol. The number of hydrogen-bond donors (Lipinski definition) is 13. The van der Waals surface area contributed by atoms with Crippen LogP contribution in [0.1, 0.15) is 79.1 Å². The van der Waals surface area contributed by atoms with Crippen LogP contribution in [0.4, 0.5) is 0 Å². The van der Waals surface area contributed by atoms with Crippen LogP contribution in [-0.4, -0.2) is 234 Å². The highest BCUT2D eigenvalue weighted by Gasteiger charge is 2.67. The van der Waals surface area contributed by atoms with E-state index in [0.717, 1.165) is 19.3 Å². The Morgan fingerprint density at radius 3 is 1.78 bits per heavy atom. The fraction of sp³-hybridized carbons (Fsp3) is 0.957. The predicted octanol–water partition coefficient (Wildman–Crippen LogP) is -3.60. The Bertz CT molecular complexity index is 1730. The Labute approximate surface area is 395 Å². The molecule has 0 amide bonds. The minimum atomic E-state index is -1.84. The van der Waals surface area contributed by atoms with Crippen molar-refractivity contribution in [2.24, 2.45) is 28.6 Å². The van der Waals surface area contributed by atoms with Crippen LogP contribution in [0.3, 0.4) is 0 Å². The molecule has 28 unspecified atom stereocenters. The number of rotatable bonds is 13. The first-order valence-electron chi connectivity index (χ1n) is 24.3. The molecule has 8 rings (SSSR count). The van der Waals surface area contributed by atoms with Crippen molar-refractivity contribution in [2.45, 2.75) is 220 Å². The standard InChI is InChI=1S/C46H76O22/c1-18(22-10-13-46(59)24-7-6-20-14-21(8-11-44(20,3)23(24)9-12-45(22,46)4)65-43-38(58)39(60-5)28(48)19(2)64-43)63-42-37(57)34(54)31(51)27(68-42)17-62-41-36(56)33(53)30(50)26(67-41)16-61-40-35(55)32(52)29(49)25(15-47)66-40/h6,18-19,21-43,47-59H,7-17H2,1-5H3. The molecule has 0 bridgehead atoms. The number of aliphatic hydroxyl groups is 13. The second kappa shape index (κ2) is 20.6. The molecule has 7 fully saturated rings. The number of ether oxygens (including phenoxy) is 9. The van der Waals surface area contributed by atoms with Crippen molar-refractivity contribution in [2.75, 3.05) is 26.9 Å². The van der Waals surface area contributed by atoms with E-state index in [1.807, 2.05) is 6.92 Å². The van der Waals surface area contributed by atoms with Gasteiger partial charge in [-0.3, -0.25) is 0 Å². The van der Waals surface area contributed by atoms with Gasteiger partial charge in [-0.05, 0) is 88.4 Å². The maximum absolute atomic E-state index is 12.9. The molecule has 68 heavy (non-hydrogen) atoms. The van der Waals surface area contributed by atoms with E-state index in [4.69, 9.17) is 42.6 Å². The Kier molecular flexibility index (Phi) is 16.1. The molecule has 0 radical (unpaired) electrons. The summed E-state index contributed by atoms with van der Waals surface area (Å²) in [7, 11) is 1.44. The summed E-state index contributed by atoms with van der Waals surface area (Å²) in [6.07, 6.45) is -21.9. The molecule has 22 heteroatoms. The number of allylic oxidation sites excluding steroid dienone is 1. The molecule has 0 aromatic rings. The zero-order chi connectivity index (χ0) is 49.4. The summed E-state index contributed by atoms with van der Waals surface area (Å²) in [5, 5.41) is 139. The highest BCUT2D eigenvalue weighted by atomic mass is 16.7. The van der Waals surface area contributed by atoms with Gasteiger partial charge in [0.05, 0.1) is 43.7 Å². The van der Waals surface area contributed by atoms with Crippen molar-refractivity contribution in [3.63, 3.8) is 0 Å². The fourth-order valence-electron chi connectivity index (χ4n) is 13.3. The van der Waals surface area contributed by atoms with Gasteiger partial charge in [0, 0.05) is 12.5 Å². The molecule has 0 aromatic heterocycles. The molecule has 4 heterocycles. The van der Waals surface area contributed by atoms with Gasteiger partial charge in [0.15, 0.2) is 25.2 Å². The molecule has 4 aliphatic carbocycles. The maximum atomic E-state index is 12.9. The molecule has 22 nitrogen and oxygen atoms in total. The number of methoxy groups -OCH3 is 1. The summed E-state index contributed by atoms with van der Waals surface area (Å²) < 4.78 is 52.3. The Morgan fingerprint density at radius 1 is 0.632 bits per heavy atom. The van der Waals surface area contributed by atoms with E-state index in [9.17, 15) is 66.4 Å². The van der Waals surface area contributed by atoms with Crippen molar-refractivity contribution in [3.05, 3.63) is 11.6 Å². The van der Waals surface area contributed by atoms with Gasteiger partial charge in [-0.2, -0.15) is 0 Å². The van der Waals surface area contributed by atoms with Gasteiger partial charge < -0.3 is 109 Å². The van der Waals surface area contributed by atoms with Crippen LogP contribution < -0.4 is 0 Å². The highest BCUT2D eigenvalue weighted by Crippen LogP contribution is 2.68. The zero-order valence-corrected chi connectivity index (χ0v) is 39.3. The second-order valence-corrected chi connectivity index (χ2v) is 21.2. The third-order valence-corrected chi connectivity index (χ3v) is 17.7. The van der Waals surface area contributed by atoms with Crippen LogP contribution in [0.5, 0.6) is 0 Å². The third kappa shape index (κ3) is 9.28. The van der Waals surface area contributed by atoms with Gasteiger partial charge in [-0.1, -0.05) is 25.5 Å². The lowest BCUT2D eigenvalue weighted by Gasteiger charge is -2.61. The van der Waals surface area contributed by atoms with Gasteiger partial charge in [-0.15, -0.1) is 0 Å². The van der Waals surface area contributed by atoms with Crippen molar-refractivity contribution < 1.29 is 109 Å². The van der Waals surface area contributed by atoms with E-state index in [2.05, 4.69) is 19.9 Å². The van der Waals surface area contributed by atoms with Crippen LogP contribution in [0, 0.1) is 28.6 Å². The second-order valence-electron chi connectivity index (χ2n) is 21.2. The van der Waals surface area contributed by atoms with Gasteiger partial charge in [0.25, 0.3) is 0 Å². The number of fused-ring (bicyclic) bond motifs is 5. The van der Waals surface area contributed by atoms with E-state index in [0.29, 0.717) is 32.1 Å². The molecule has 3 saturated carbocycles. The van der Waals surface area contributed by atoms with Crippen molar-refractivity contribution in [3.8, 4) is 0 Å². The minimum absolute atomic E-state index is 0.0381. The van der Waals surface area contributed by atoms with Crippen LogP contribution in [0.2, 0.25) is 0 Å². The average Bonchev–Trinajstić information content (AvgIpc) is 3.60. The van der Waals surface area contributed by atoms with Crippen molar-refractivity contribution in [1.29, 1.82) is 0 Å². The summed E-state index contributed by atoms with van der Waals surface area (Å²) in [6.45, 7) is 6.08. The molecule has 8 aliphatic rings. The molecule has 392 valence electrons. The maximum Gasteiger partial charge on any atom is 0.186 e. The van der Waals surface area contributed by atoms with Crippen molar-refractivity contribution >= 4 is 0 Å². The molecule has 28 atom stereocenters. The van der Waals surface area contributed by atoms with Crippen LogP contribution >= 0.6 is 0 Å². The molecule has 13 N–H and O–H groups in total. The number of hydrogen-bond acceptors (Lipinski definition) is 22. The number of aliphatic hydroxyl groups excluding tert-OH is 12. The Morgan fingerprint density at radius 2 is 1.19 bits per heavy atom. The van der Waals surface area contributed by atoms with Gasteiger partial charge in [0.2, 0.25) is 0 Å². The van der Waals surface area contributed by atoms with Crippen LogP contribution in [-0.2, 0) is 42.6 Å². The van der Waals surface area contributed by atoms with Crippen molar-refractivity contribution in [1.82, 2.24) is 0 Å². The molecule has 4 saturated heterocycles. The Hall–Kier alpha value is -1.14. The molecule has 4 aliphatic heterocycles. The first-order chi connectivity index (χ1) is 32.1. The van der Waals surface area contributed by atoms with Gasteiger partial charge >= 0.3 is 0 Å². The van der Waals surface area contributed by atoms with E-state index in [1.54, 1.807) is 6.92 Å². The molecular formula is C46H76O22. The molecule has 0 aromatic carbocycles. The van der Waals surface area contributed by atoms with Gasteiger partial charge in [0.1, 0.15) is 91.6 Å². The third-order valence-electron chi connectivity index (χ3n) is 17.7. The SMILES string of the molecule is COC1C(O)C(C)OC(OC2CCC3(C)C(=CCC4C3CCC3(C)C(C(C)OC5OC(COC6OC(COC7OC(CO)C(O)C(O)C7O)C(O)C(O)C6O)C(O)C(O)C5O)CCC43O)C2)C1O. The highest BCUT2D eigenvalue weighted by molar-refractivity contribution is 5.28. The first-order valence-corrected chi connectivity index (χ1v) is 24.3. The van der Waals surface area contributed by atoms with E-state index >= 15 is 0 Å². The van der Waals surface area contributed by atoms with E-state index in [1.165, 1.54) is 12.7 Å². The normalized spacial score (nSPS) is 54.6. The quantitative estimate of drug-likeness (QED) is 0.0793. The summed E-state index contributed by atoms with van der Waals surface area (Å²) in [6, 6.07) is 0. The lowest BCUT2D eigenvalue weighted by molar-refractivity contribution is -0.346. The zero-order valence-electron chi connectivity index (χ0n) is 39.3. The lowest BCUT2D eigenvalue weighted by atomic mass is 9.45. The topological polar surface area (TPSA) is 346 Å². The van der Waals surface area contributed by atoms with Crippen LogP contribution in [0.25, 0.3) is 0 Å². The summed E-state index contributed by atoms with van der Waals surface area (Å²) in [4.78, 5) is 0. The molecule has 0 spiro atoms. The summed E-state index contributed by atoms with van der Waals surface area (Å²) >= 11 is 0. The van der Waals surface area contributed by atoms with Gasteiger partial charge in [-0.25, -0.2) is 0 Å². The van der Waals surface area contributed by atoms with E-state index in [-0.39, 0.29) is 29.3 Å². The van der Waals surface area contributed by atoms with E-state index < -0.39 is 160 Å².